The Bertz CT molecular complexity index is 551. The third-order valence-electron chi connectivity index (χ3n) is 3.08. The molecule has 5 heteroatoms. The van der Waals surface area contributed by atoms with Crippen LogP contribution >= 0.6 is 0 Å². The predicted octanol–water partition coefficient (Wildman–Crippen LogP) is 3.62. The number of rotatable bonds is 4. The number of carboxylic acids is 1. The van der Waals surface area contributed by atoms with E-state index in [1.807, 2.05) is 18.2 Å². The van der Waals surface area contributed by atoms with Crippen molar-refractivity contribution in [3.63, 3.8) is 0 Å². The zero-order valence-electron chi connectivity index (χ0n) is 12.5. The van der Waals surface area contributed by atoms with Gasteiger partial charge in [-0.05, 0) is 12.5 Å². The van der Waals surface area contributed by atoms with E-state index in [4.69, 9.17) is 9.52 Å². The van der Waals surface area contributed by atoms with Gasteiger partial charge in [0, 0.05) is 17.9 Å². The highest BCUT2D eigenvalue weighted by Gasteiger charge is 2.20. The minimum Gasteiger partial charge on any atom is -0.504 e. The second-order valence-electron chi connectivity index (χ2n) is 4.65. The molecule has 0 radical (unpaired) electrons. The molecule has 114 valence electrons. The van der Waals surface area contributed by atoms with Gasteiger partial charge in [-0.25, -0.2) is 4.79 Å². The number of carboxylic acid groups (broad SMARTS) is 1. The molecule has 0 aromatic carbocycles. The molecule has 2 rings (SSSR count). The number of fused-ring (bicyclic) bond motifs is 1. The van der Waals surface area contributed by atoms with Gasteiger partial charge >= 0.3 is 5.97 Å². The normalized spacial score (nSPS) is 14.3. The van der Waals surface area contributed by atoms with Crippen LogP contribution in [0.25, 0.3) is 6.08 Å². The number of Topliss-reactive ketones (excluding diaryl/α,β-unsaturated/α-hetero) is 1. The topological polar surface area (TPSA) is 76.7 Å². The van der Waals surface area contributed by atoms with Crippen LogP contribution in [0.5, 0.6) is 0 Å². The zero-order valence-corrected chi connectivity index (χ0v) is 12.5. The summed E-state index contributed by atoms with van der Waals surface area (Å²) in [6, 6.07) is 1.98. The Hall–Kier alpha value is -2.30. The predicted molar refractivity (Wildman–Crippen MR) is 79.2 cm³/mol. The number of carbonyl (C=O) groups excluding carboxylic acids is 1. The fourth-order valence-corrected chi connectivity index (χ4v) is 1.72. The standard InChI is InChI=1S/C12H14O2.C4H6O3/c1-3-8(2)11-7-9-5-4-6-10(13)12(9)14-11;1-7-3-2-4(5)6/h4-5,7-8H,3,6H2,1-2H3;2-3H,1H3,(H,5,6)/b;3-2+. The highest BCUT2D eigenvalue weighted by molar-refractivity contribution is 6.00. The van der Waals surface area contributed by atoms with E-state index in [0.717, 1.165) is 30.1 Å². The number of carbonyl (C=O) groups is 2. The Kier molecular flexibility index (Phi) is 6.46. The Morgan fingerprint density at radius 2 is 2.29 bits per heavy atom. The minimum absolute atomic E-state index is 0.0945. The molecule has 0 saturated heterocycles. The quantitative estimate of drug-likeness (QED) is 0.677. The van der Waals surface area contributed by atoms with Crippen molar-refractivity contribution >= 4 is 17.8 Å². The van der Waals surface area contributed by atoms with Crippen molar-refractivity contribution in [3.05, 3.63) is 41.6 Å². The number of hydrogen-bond donors (Lipinski definition) is 1. The highest BCUT2D eigenvalue weighted by atomic mass is 16.5. The van der Waals surface area contributed by atoms with E-state index in [2.05, 4.69) is 18.6 Å². The van der Waals surface area contributed by atoms with Crippen molar-refractivity contribution in [2.24, 2.45) is 0 Å². The molecule has 0 fully saturated rings. The van der Waals surface area contributed by atoms with Crippen LogP contribution in [-0.2, 0) is 9.53 Å². The molecule has 0 spiro atoms. The summed E-state index contributed by atoms with van der Waals surface area (Å²) in [7, 11) is 1.39. The van der Waals surface area contributed by atoms with Crippen LogP contribution in [0.1, 0.15) is 54.5 Å². The van der Waals surface area contributed by atoms with Crippen LogP contribution in [0, 0.1) is 0 Å². The van der Waals surface area contributed by atoms with Crippen molar-refractivity contribution in [1.29, 1.82) is 0 Å². The first kappa shape index (κ1) is 16.8. The summed E-state index contributed by atoms with van der Waals surface area (Å²) in [6.45, 7) is 4.22. The third kappa shape index (κ3) is 4.95. The molecule has 1 aliphatic carbocycles. The van der Waals surface area contributed by atoms with Crippen molar-refractivity contribution in [2.45, 2.75) is 32.6 Å². The maximum Gasteiger partial charge on any atom is 0.331 e. The molecule has 5 nitrogen and oxygen atoms in total. The monoisotopic (exact) mass is 292 g/mol. The summed E-state index contributed by atoms with van der Waals surface area (Å²) >= 11 is 0. The first-order valence-electron chi connectivity index (χ1n) is 6.75. The second kappa shape index (κ2) is 8.09. The van der Waals surface area contributed by atoms with Crippen LogP contribution in [0.4, 0.5) is 0 Å². The molecule has 0 bridgehead atoms. The molecule has 1 unspecified atom stereocenters. The summed E-state index contributed by atoms with van der Waals surface area (Å²) in [5, 5.41) is 7.88. The summed E-state index contributed by atoms with van der Waals surface area (Å²) in [5.41, 5.74) is 0.941. The highest BCUT2D eigenvalue weighted by Crippen LogP contribution is 2.28. The number of ketones is 1. The SMILES string of the molecule is CCC(C)c1cc2c(o1)C(=O)CC=C2.CO/C=C/C(=O)O. The molecule has 1 heterocycles. The molecule has 0 amide bonds. The van der Waals surface area contributed by atoms with E-state index < -0.39 is 5.97 Å². The molecule has 0 saturated carbocycles. The lowest BCUT2D eigenvalue weighted by Gasteiger charge is -2.03. The van der Waals surface area contributed by atoms with Crippen molar-refractivity contribution in [1.82, 2.24) is 0 Å². The van der Waals surface area contributed by atoms with E-state index in [1.54, 1.807) is 0 Å². The molecule has 1 aromatic heterocycles. The molecule has 21 heavy (non-hydrogen) atoms. The van der Waals surface area contributed by atoms with E-state index in [0.29, 0.717) is 18.1 Å². The van der Waals surface area contributed by atoms with Crippen LogP contribution in [0.15, 0.2) is 28.9 Å². The van der Waals surface area contributed by atoms with Crippen molar-refractivity contribution < 1.29 is 23.8 Å². The lowest BCUT2D eigenvalue weighted by Crippen LogP contribution is -2.00. The first-order chi connectivity index (χ1) is 9.99. The Labute approximate surface area is 123 Å². The van der Waals surface area contributed by atoms with Gasteiger partial charge in [0.2, 0.25) is 5.78 Å². The van der Waals surface area contributed by atoms with Gasteiger partial charge in [0.25, 0.3) is 0 Å². The van der Waals surface area contributed by atoms with Crippen molar-refractivity contribution in [3.8, 4) is 0 Å². The number of ether oxygens (including phenoxy) is 1. The average molecular weight is 292 g/mol. The van der Waals surface area contributed by atoms with Gasteiger partial charge in [-0.3, -0.25) is 4.79 Å². The number of methoxy groups -OCH3 is 1. The maximum absolute atomic E-state index is 11.5. The molecular weight excluding hydrogens is 272 g/mol. The third-order valence-corrected chi connectivity index (χ3v) is 3.08. The Morgan fingerprint density at radius 1 is 1.57 bits per heavy atom. The largest absolute Gasteiger partial charge is 0.504 e. The number of furan rings is 1. The first-order valence-corrected chi connectivity index (χ1v) is 6.75. The molecule has 1 N–H and O–H groups in total. The van der Waals surface area contributed by atoms with Crippen LogP contribution < -0.4 is 0 Å². The number of allylic oxidation sites excluding steroid dienone is 1. The van der Waals surface area contributed by atoms with Gasteiger partial charge in [0.1, 0.15) is 5.76 Å². The fraction of sp³-hybridized carbons (Fsp3) is 0.375. The Balaban J connectivity index is 0.000000270. The minimum atomic E-state index is -0.998. The van der Waals surface area contributed by atoms with Crippen LogP contribution in [0.3, 0.4) is 0 Å². The van der Waals surface area contributed by atoms with E-state index >= 15 is 0 Å². The van der Waals surface area contributed by atoms with Gasteiger partial charge in [0.05, 0.1) is 19.4 Å². The van der Waals surface area contributed by atoms with Gasteiger partial charge in [-0.1, -0.05) is 26.0 Å². The van der Waals surface area contributed by atoms with Gasteiger partial charge in [-0.2, -0.15) is 0 Å². The maximum atomic E-state index is 11.5. The van der Waals surface area contributed by atoms with Crippen LogP contribution in [-0.4, -0.2) is 24.0 Å². The summed E-state index contributed by atoms with van der Waals surface area (Å²) in [6.07, 6.45) is 7.37. The van der Waals surface area contributed by atoms with Gasteiger partial charge in [-0.15, -0.1) is 0 Å². The zero-order chi connectivity index (χ0) is 15.8. The summed E-state index contributed by atoms with van der Waals surface area (Å²) in [5.74, 6) is 0.959. The lowest BCUT2D eigenvalue weighted by atomic mass is 10.0. The lowest BCUT2D eigenvalue weighted by molar-refractivity contribution is -0.131. The fourth-order valence-electron chi connectivity index (χ4n) is 1.72. The smallest absolute Gasteiger partial charge is 0.331 e. The molecule has 1 atom stereocenters. The van der Waals surface area contributed by atoms with E-state index in [9.17, 15) is 9.59 Å². The molecule has 1 aromatic rings. The average Bonchev–Trinajstić information content (AvgIpc) is 2.90. The Morgan fingerprint density at radius 3 is 2.76 bits per heavy atom. The molecule has 0 aliphatic heterocycles. The molecular formula is C16H20O5. The van der Waals surface area contributed by atoms with Crippen LogP contribution in [0.2, 0.25) is 0 Å². The molecule has 1 aliphatic rings. The van der Waals surface area contributed by atoms with Gasteiger partial charge in [0.15, 0.2) is 5.76 Å². The summed E-state index contributed by atoms with van der Waals surface area (Å²) in [4.78, 5) is 21.1. The number of hydrogen-bond acceptors (Lipinski definition) is 4. The van der Waals surface area contributed by atoms with Gasteiger partial charge < -0.3 is 14.3 Å². The summed E-state index contributed by atoms with van der Waals surface area (Å²) < 4.78 is 9.86. The second-order valence-corrected chi connectivity index (χ2v) is 4.65. The van der Waals surface area contributed by atoms with E-state index in [-0.39, 0.29) is 5.78 Å². The number of aliphatic carboxylic acids is 1. The van der Waals surface area contributed by atoms with E-state index in [1.165, 1.54) is 7.11 Å². The van der Waals surface area contributed by atoms with Crippen molar-refractivity contribution in [2.75, 3.05) is 7.11 Å².